The van der Waals surface area contributed by atoms with Gasteiger partial charge < -0.3 is 15.0 Å². The molecule has 3 rings (SSSR count). The number of pyridine rings is 1. The molecule has 23 heavy (non-hydrogen) atoms. The predicted molar refractivity (Wildman–Crippen MR) is 87.9 cm³/mol. The second kappa shape index (κ2) is 6.35. The molecular weight excluding hydrogens is 296 g/mol. The van der Waals surface area contributed by atoms with Gasteiger partial charge in [-0.05, 0) is 36.2 Å². The Morgan fingerprint density at radius 1 is 1.39 bits per heavy atom. The number of hydrogen-bond donors (Lipinski definition) is 2. The first-order valence-corrected chi connectivity index (χ1v) is 7.16. The number of fused-ring (bicyclic) bond motifs is 1. The Morgan fingerprint density at radius 3 is 3.04 bits per heavy atom. The standard InChI is InChI=1S/C16H16N4O3/c1-23-12-4-5-14-13(9-12)11(10-19-14)6-8-18-16-15(20(21)22)3-2-7-17-16/h2-5,7,9-10,19H,6,8H2,1H3,(H,17,18). The fourth-order valence-corrected chi connectivity index (χ4v) is 2.49. The highest BCUT2D eigenvalue weighted by molar-refractivity contribution is 5.84. The normalized spacial score (nSPS) is 10.7. The van der Waals surface area contributed by atoms with Crippen molar-refractivity contribution in [3.05, 3.63) is 58.4 Å². The second-order valence-electron chi connectivity index (χ2n) is 5.03. The fourth-order valence-electron chi connectivity index (χ4n) is 2.49. The zero-order valence-electron chi connectivity index (χ0n) is 12.6. The number of benzene rings is 1. The topological polar surface area (TPSA) is 93.1 Å². The van der Waals surface area contributed by atoms with E-state index in [-0.39, 0.29) is 11.5 Å². The molecule has 7 nitrogen and oxygen atoms in total. The third-order valence-corrected chi connectivity index (χ3v) is 3.64. The van der Waals surface area contributed by atoms with Crippen LogP contribution in [0.5, 0.6) is 5.75 Å². The van der Waals surface area contributed by atoms with E-state index in [2.05, 4.69) is 15.3 Å². The van der Waals surface area contributed by atoms with Crippen molar-refractivity contribution in [1.29, 1.82) is 0 Å². The van der Waals surface area contributed by atoms with Crippen molar-refractivity contribution in [1.82, 2.24) is 9.97 Å². The van der Waals surface area contributed by atoms with Crippen molar-refractivity contribution >= 4 is 22.4 Å². The van der Waals surface area contributed by atoms with Crippen LogP contribution in [0, 0.1) is 10.1 Å². The Labute approximate surface area is 132 Å². The fraction of sp³-hybridized carbons (Fsp3) is 0.188. The number of hydrogen-bond acceptors (Lipinski definition) is 5. The molecule has 2 aromatic heterocycles. The molecule has 0 fully saturated rings. The van der Waals surface area contributed by atoms with Gasteiger partial charge in [-0.2, -0.15) is 0 Å². The molecule has 0 amide bonds. The van der Waals surface area contributed by atoms with Crippen LogP contribution in [0.1, 0.15) is 5.56 Å². The maximum absolute atomic E-state index is 11.0. The minimum absolute atomic E-state index is 0.0203. The molecule has 0 unspecified atom stereocenters. The second-order valence-corrected chi connectivity index (χ2v) is 5.03. The molecule has 1 aromatic carbocycles. The minimum atomic E-state index is -0.439. The van der Waals surface area contributed by atoms with E-state index < -0.39 is 4.92 Å². The summed E-state index contributed by atoms with van der Waals surface area (Å²) in [5, 5.41) is 15.1. The first-order chi connectivity index (χ1) is 11.2. The molecule has 0 bridgehead atoms. The van der Waals surface area contributed by atoms with Crippen molar-refractivity contribution in [3.63, 3.8) is 0 Å². The van der Waals surface area contributed by atoms with Crippen molar-refractivity contribution in [2.75, 3.05) is 19.0 Å². The molecular formula is C16H16N4O3. The van der Waals surface area contributed by atoms with Gasteiger partial charge in [0, 0.05) is 35.9 Å². The number of rotatable bonds is 6. The summed E-state index contributed by atoms with van der Waals surface area (Å²) in [5.74, 6) is 1.08. The summed E-state index contributed by atoms with van der Waals surface area (Å²) in [6, 6.07) is 8.83. The van der Waals surface area contributed by atoms with Gasteiger partial charge in [0.1, 0.15) is 5.75 Å². The zero-order chi connectivity index (χ0) is 16.2. The Balaban J connectivity index is 1.73. The summed E-state index contributed by atoms with van der Waals surface area (Å²) in [4.78, 5) is 17.8. The lowest BCUT2D eigenvalue weighted by molar-refractivity contribution is -0.384. The number of nitrogens with one attached hydrogen (secondary N) is 2. The zero-order valence-corrected chi connectivity index (χ0v) is 12.6. The average molecular weight is 312 g/mol. The van der Waals surface area contributed by atoms with Crippen LogP contribution in [0.3, 0.4) is 0 Å². The lowest BCUT2D eigenvalue weighted by atomic mass is 10.1. The smallest absolute Gasteiger partial charge is 0.311 e. The van der Waals surface area contributed by atoms with Gasteiger partial charge in [-0.1, -0.05) is 0 Å². The summed E-state index contributed by atoms with van der Waals surface area (Å²) < 4.78 is 5.25. The largest absolute Gasteiger partial charge is 0.497 e. The summed E-state index contributed by atoms with van der Waals surface area (Å²) >= 11 is 0. The lowest BCUT2D eigenvalue weighted by Gasteiger charge is -2.06. The molecule has 2 heterocycles. The van der Waals surface area contributed by atoms with Crippen LogP contribution in [0.25, 0.3) is 10.9 Å². The van der Waals surface area contributed by atoms with Crippen LogP contribution in [0.2, 0.25) is 0 Å². The molecule has 0 spiro atoms. The van der Waals surface area contributed by atoms with Crippen LogP contribution < -0.4 is 10.1 Å². The van der Waals surface area contributed by atoms with E-state index in [1.165, 1.54) is 12.3 Å². The number of aromatic nitrogens is 2. The van der Waals surface area contributed by atoms with Crippen molar-refractivity contribution in [2.24, 2.45) is 0 Å². The van der Waals surface area contributed by atoms with E-state index >= 15 is 0 Å². The van der Waals surface area contributed by atoms with E-state index in [1.54, 1.807) is 13.2 Å². The molecule has 7 heteroatoms. The minimum Gasteiger partial charge on any atom is -0.497 e. The van der Waals surface area contributed by atoms with Crippen LogP contribution in [-0.2, 0) is 6.42 Å². The molecule has 0 radical (unpaired) electrons. The molecule has 3 aromatic rings. The molecule has 0 aliphatic heterocycles. The number of methoxy groups -OCH3 is 1. The number of nitro groups is 1. The first kappa shape index (κ1) is 14.8. The monoisotopic (exact) mass is 312 g/mol. The van der Waals surface area contributed by atoms with Crippen molar-refractivity contribution in [3.8, 4) is 5.75 Å². The highest BCUT2D eigenvalue weighted by atomic mass is 16.6. The number of aromatic amines is 1. The Hall–Kier alpha value is -3.09. The van der Waals surface area contributed by atoms with Crippen LogP contribution in [-0.4, -0.2) is 28.5 Å². The molecule has 0 saturated heterocycles. The number of H-pyrrole nitrogens is 1. The summed E-state index contributed by atoms with van der Waals surface area (Å²) in [6.07, 6.45) is 4.19. The molecule has 0 aliphatic carbocycles. The lowest BCUT2D eigenvalue weighted by Crippen LogP contribution is -2.08. The van der Waals surface area contributed by atoms with E-state index in [0.717, 1.165) is 22.2 Å². The number of nitrogens with zero attached hydrogens (tertiary/aromatic N) is 2. The predicted octanol–water partition coefficient (Wildman–Crippen LogP) is 3.13. The Kier molecular flexibility index (Phi) is 4.09. The molecule has 0 aliphatic rings. The number of anilines is 1. The molecule has 2 N–H and O–H groups in total. The third kappa shape index (κ3) is 3.08. The van der Waals surface area contributed by atoms with Crippen molar-refractivity contribution < 1.29 is 9.66 Å². The van der Waals surface area contributed by atoms with E-state index in [0.29, 0.717) is 13.0 Å². The maximum atomic E-state index is 11.0. The van der Waals surface area contributed by atoms with Crippen molar-refractivity contribution in [2.45, 2.75) is 6.42 Å². The van der Waals surface area contributed by atoms with E-state index in [9.17, 15) is 10.1 Å². The van der Waals surface area contributed by atoms with E-state index in [4.69, 9.17) is 4.74 Å². The van der Waals surface area contributed by atoms with Crippen LogP contribution in [0.4, 0.5) is 11.5 Å². The SMILES string of the molecule is COc1ccc2[nH]cc(CCNc3ncccc3[N+](=O)[O-])c2c1. The van der Waals surface area contributed by atoms with Crippen LogP contribution >= 0.6 is 0 Å². The first-order valence-electron chi connectivity index (χ1n) is 7.16. The maximum Gasteiger partial charge on any atom is 0.311 e. The third-order valence-electron chi connectivity index (χ3n) is 3.64. The van der Waals surface area contributed by atoms with Gasteiger partial charge in [0.2, 0.25) is 5.82 Å². The summed E-state index contributed by atoms with van der Waals surface area (Å²) in [7, 11) is 1.63. The van der Waals surface area contributed by atoms with Gasteiger partial charge in [-0.3, -0.25) is 10.1 Å². The Morgan fingerprint density at radius 2 is 2.26 bits per heavy atom. The van der Waals surface area contributed by atoms with Gasteiger partial charge in [-0.15, -0.1) is 0 Å². The Bertz CT molecular complexity index is 844. The highest BCUT2D eigenvalue weighted by Gasteiger charge is 2.13. The van der Waals surface area contributed by atoms with Gasteiger partial charge in [-0.25, -0.2) is 4.98 Å². The highest BCUT2D eigenvalue weighted by Crippen LogP contribution is 2.24. The molecule has 0 saturated carbocycles. The summed E-state index contributed by atoms with van der Waals surface area (Å²) in [6.45, 7) is 0.544. The van der Waals surface area contributed by atoms with E-state index in [1.807, 2.05) is 24.4 Å². The quantitative estimate of drug-likeness (QED) is 0.539. The van der Waals surface area contributed by atoms with Gasteiger partial charge >= 0.3 is 5.69 Å². The van der Waals surface area contributed by atoms with Gasteiger partial charge in [0.05, 0.1) is 12.0 Å². The summed E-state index contributed by atoms with van der Waals surface area (Å²) in [5.41, 5.74) is 2.13. The van der Waals surface area contributed by atoms with Gasteiger partial charge in [0.15, 0.2) is 0 Å². The average Bonchev–Trinajstić information content (AvgIpc) is 2.97. The molecule has 0 atom stereocenters. The van der Waals surface area contributed by atoms with Crippen LogP contribution in [0.15, 0.2) is 42.7 Å². The number of ether oxygens (including phenoxy) is 1. The van der Waals surface area contributed by atoms with Gasteiger partial charge in [0.25, 0.3) is 0 Å². The molecule has 118 valence electrons.